The van der Waals surface area contributed by atoms with Crippen molar-refractivity contribution in [1.29, 1.82) is 0 Å². The molecule has 498 valence electrons. The number of aliphatic carboxylic acids is 6. The molecule has 0 saturated carbocycles. The van der Waals surface area contributed by atoms with Gasteiger partial charge in [-0.05, 0) is 11.1 Å². The van der Waals surface area contributed by atoms with Crippen molar-refractivity contribution in [3.63, 3.8) is 0 Å². The molecule has 0 amide bonds. The first-order valence-electron chi connectivity index (χ1n) is 30.1. The van der Waals surface area contributed by atoms with Gasteiger partial charge in [0.25, 0.3) is 0 Å². The number of nitrogens with zero attached hydrogens (tertiary/aromatic N) is 9. The van der Waals surface area contributed by atoms with Gasteiger partial charge < -0.3 is 69.3 Å². The fourth-order valence-electron chi connectivity index (χ4n) is 10.1. The summed E-state index contributed by atoms with van der Waals surface area (Å²) in [6.45, 7) is 4.68. The molecule has 2 aromatic carbocycles. The molecule has 0 aromatic heterocycles. The summed E-state index contributed by atoms with van der Waals surface area (Å²) in [6, 6.07) is 18.9. The summed E-state index contributed by atoms with van der Waals surface area (Å²) in [6.07, 6.45) is -2.27. The van der Waals surface area contributed by atoms with E-state index in [0.29, 0.717) is 39.6 Å². The molecule has 0 aliphatic carbocycles. The molecule has 0 radical (unpaired) electrons. The van der Waals surface area contributed by atoms with Gasteiger partial charge in [0.2, 0.25) is 0 Å². The van der Waals surface area contributed by atoms with Gasteiger partial charge in [-0.1, -0.05) is 60.7 Å². The number of β-amino-alcohol motifs (C(OH)–C–C–N with tert-alkyl or cyclic N) is 2. The van der Waals surface area contributed by atoms with Crippen molar-refractivity contribution < 1.29 is 98.0 Å². The lowest BCUT2D eigenvalue weighted by molar-refractivity contribution is -0.140. The van der Waals surface area contributed by atoms with Gasteiger partial charge in [0, 0.05) is 131 Å². The Labute approximate surface area is 515 Å². The number of carboxylic acids is 6. The van der Waals surface area contributed by atoms with Crippen LogP contribution in [0.25, 0.3) is 0 Å². The molecular weight excluding hydrogens is 1150 g/mol. The molecule has 88 heavy (non-hydrogen) atoms. The molecule has 2 saturated heterocycles. The van der Waals surface area contributed by atoms with E-state index in [0.717, 1.165) is 11.1 Å². The molecule has 0 spiro atoms. The predicted octanol–water partition coefficient (Wildman–Crippen LogP) is -2.17. The molecular formula is C59H97N9O20. The molecule has 2 aliphatic heterocycles. The molecule has 4 rings (SSSR count). The van der Waals surface area contributed by atoms with Gasteiger partial charge in [0.1, 0.15) is 0 Å². The SMILES string of the molecule is O=C(O)CN1CCN(CC(=O)O)CCN(CC(O)CN(CC(O)CN2CCN(CC(=O)O)CCN(CC(=O)O)CCN(CC(=O)O)CC2)C(COCCOCCOCc2ccccc2)COCCOCCOCc2ccccc2)CCN(CC(=O)O)CC1. The van der Waals surface area contributed by atoms with Crippen molar-refractivity contribution in [2.45, 2.75) is 31.5 Å². The summed E-state index contributed by atoms with van der Waals surface area (Å²) in [5.74, 6) is -6.45. The van der Waals surface area contributed by atoms with Crippen LogP contribution < -0.4 is 0 Å². The van der Waals surface area contributed by atoms with Crippen LogP contribution in [0, 0.1) is 0 Å². The van der Waals surface area contributed by atoms with Crippen molar-refractivity contribution in [2.24, 2.45) is 0 Å². The molecule has 0 bridgehead atoms. The number of benzene rings is 2. The monoisotopic (exact) mass is 1250 g/mol. The normalized spacial score (nSPS) is 17.8. The zero-order valence-corrected chi connectivity index (χ0v) is 50.9. The summed E-state index contributed by atoms with van der Waals surface area (Å²) in [5, 5.41) is 83.2. The fourth-order valence-corrected chi connectivity index (χ4v) is 10.1. The first kappa shape index (κ1) is 75.0. The third-order valence-corrected chi connectivity index (χ3v) is 14.7. The van der Waals surface area contributed by atoms with Crippen LogP contribution in [0.1, 0.15) is 11.1 Å². The van der Waals surface area contributed by atoms with Crippen LogP contribution in [-0.4, -0.2) is 375 Å². The topological polar surface area (TPSA) is 349 Å². The summed E-state index contributed by atoms with van der Waals surface area (Å²) in [4.78, 5) is 87.5. The lowest BCUT2D eigenvalue weighted by Gasteiger charge is -2.38. The Morgan fingerprint density at radius 1 is 0.341 bits per heavy atom. The second kappa shape index (κ2) is 44.9. The first-order valence-corrected chi connectivity index (χ1v) is 30.1. The second-order valence-electron chi connectivity index (χ2n) is 22.0. The second-order valence-corrected chi connectivity index (χ2v) is 22.0. The standard InChI is InChI=1S/C59H97N9O20/c69-52(35-60-11-15-62(39-54(71)72)19-23-66(43-58(79)80)24-20-63(16-12-60)40-55(73)74)37-68(38-53(70)36-61-13-17-64(41-56(75)76)21-25-67(44-59(81)82)26-22-65(18-14-61)42-57(77)78)51(47-87-33-29-83-27-31-85-45-49-7-3-1-4-8-49)48-88-34-30-84-28-32-86-46-50-9-5-2-6-10-50/h1-10,51-53,69-70H,11-48H2,(H,71,72)(H,73,74)(H,75,76)(H,77,78)(H,79,80)(H,81,82). The van der Waals surface area contributed by atoms with Crippen LogP contribution >= 0.6 is 0 Å². The highest BCUT2D eigenvalue weighted by Crippen LogP contribution is 2.12. The van der Waals surface area contributed by atoms with Crippen molar-refractivity contribution in [1.82, 2.24) is 44.1 Å². The molecule has 29 heteroatoms. The molecule has 8 N–H and O–H groups in total. The van der Waals surface area contributed by atoms with Crippen LogP contribution in [0.15, 0.2) is 60.7 Å². The number of rotatable bonds is 41. The highest BCUT2D eigenvalue weighted by atomic mass is 16.6. The maximum absolute atomic E-state index is 12.3. The number of aliphatic hydroxyl groups is 2. The Bertz CT molecular complexity index is 2040. The zero-order chi connectivity index (χ0) is 63.7. The number of aliphatic hydroxyl groups excluding tert-OH is 2. The number of ether oxygens (including phenoxy) is 6. The Hall–Kier alpha value is -5.42. The van der Waals surface area contributed by atoms with E-state index in [4.69, 9.17) is 28.4 Å². The number of carboxylic acid groups (broad SMARTS) is 6. The lowest BCUT2D eigenvalue weighted by Crippen LogP contribution is -2.54. The lowest BCUT2D eigenvalue weighted by atomic mass is 10.1. The van der Waals surface area contributed by atoms with Crippen LogP contribution in [-0.2, 0) is 70.4 Å². The minimum atomic E-state index is -1.13. The van der Waals surface area contributed by atoms with Gasteiger partial charge >= 0.3 is 35.8 Å². The van der Waals surface area contributed by atoms with Crippen LogP contribution in [0.2, 0.25) is 0 Å². The minimum Gasteiger partial charge on any atom is -0.480 e. The van der Waals surface area contributed by atoms with Gasteiger partial charge in [0.15, 0.2) is 0 Å². The molecule has 2 heterocycles. The number of carbonyl (C=O) groups is 6. The smallest absolute Gasteiger partial charge is 0.317 e. The van der Waals surface area contributed by atoms with Crippen molar-refractivity contribution in [3.8, 4) is 0 Å². The van der Waals surface area contributed by atoms with Gasteiger partial charge in [-0.2, -0.15) is 0 Å². The van der Waals surface area contributed by atoms with Crippen LogP contribution in [0.3, 0.4) is 0 Å². The Balaban J connectivity index is 1.59. The third kappa shape index (κ3) is 36.3. The Morgan fingerprint density at radius 2 is 0.568 bits per heavy atom. The first-order chi connectivity index (χ1) is 42.4. The highest BCUT2D eigenvalue weighted by Gasteiger charge is 2.29. The molecule has 2 aromatic rings. The summed E-state index contributed by atoms with van der Waals surface area (Å²) in [5.41, 5.74) is 2.06. The van der Waals surface area contributed by atoms with Crippen molar-refractivity contribution >= 4 is 35.8 Å². The summed E-state index contributed by atoms with van der Waals surface area (Å²) >= 11 is 0. The van der Waals surface area contributed by atoms with Crippen LogP contribution in [0.5, 0.6) is 0 Å². The van der Waals surface area contributed by atoms with E-state index in [1.54, 1.807) is 29.4 Å². The molecule has 2 aliphatic rings. The van der Waals surface area contributed by atoms with E-state index in [9.17, 15) is 69.6 Å². The van der Waals surface area contributed by atoms with E-state index in [1.807, 2.05) is 75.4 Å². The molecule has 2 atom stereocenters. The largest absolute Gasteiger partial charge is 0.480 e. The van der Waals surface area contributed by atoms with E-state index >= 15 is 0 Å². The summed E-state index contributed by atoms with van der Waals surface area (Å²) < 4.78 is 35.7. The van der Waals surface area contributed by atoms with Gasteiger partial charge in [-0.15, -0.1) is 0 Å². The quantitative estimate of drug-likeness (QED) is 0.0329. The van der Waals surface area contributed by atoms with Gasteiger partial charge in [-0.25, -0.2) is 0 Å². The van der Waals surface area contributed by atoms with E-state index < -0.39 is 54.1 Å². The fraction of sp³-hybridized carbons (Fsp3) is 0.695. The average Bonchev–Trinajstić information content (AvgIpc) is 3.64. The van der Waals surface area contributed by atoms with Crippen LogP contribution in [0.4, 0.5) is 0 Å². The predicted molar refractivity (Wildman–Crippen MR) is 320 cm³/mol. The molecule has 2 unspecified atom stereocenters. The molecule has 29 nitrogen and oxygen atoms in total. The van der Waals surface area contributed by atoms with E-state index in [-0.39, 0.29) is 210 Å². The van der Waals surface area contributed by atoms with E-state index in [2.05, 4.69) is 0 Å². The maximum atomic E-state index is 12.3. The highest BCUT2D eigenvalue weighted by molar-refractivity contribution is 5.71. The van der Waals surface area contributed by atoms with Crippen molar-refractivity contribution in [3.05, 3.63) is 71.8 Å². The van der Waals surface area contributed by atoms with E-state index in [1.165, 1.54) is 0 Å². The Kier molecular flexibility index (Phi) is 38.3. The number of hydrogen-bond donors (Lipinski definition) is 8. The van der Waals surface area contributed by atoms with Gasteiger partial charge in [0.05, 0.1) is 137 Å². The molecule has 2 fully saturated rings. The average molecular weight is 1250 g/mol. The maximum Gasteiger partial charge on any atom is 0.317 e. The Morgan fingerprint density at radius 3 is 0.818 bits per heavy atom. The third-order valence-electron chi connectivity index (χ3n) is 14.7. The van der Waals surface area contributed by atoms with Gasteiger partial charge in [-0.3, -0.25) is 72.9 Å². The summed E-state index contributed by atoms with van der Waals surface area (Å²) in [7, 11) is 0. The van der Waals surface area contributed by atoms with Crippen molar-refractivity contribution in [2.75, 3.05) is 236 Å². The number of hydrogen-bond acceptors (Lipinski definition) is 23. The zero-order valence-electron chi connectivity index (χ0n) is 50.9. The minimum absolute atomic E-state index is 0.0310.